The normalized spacial score (nSPS) is 33.8. The number of rotatable bonds is 1. The molecule has 10 heavy (non-hydrogen) atoms. The number of hydrogen-bond donors (Lipinski definition) is 1. The van der Waals surface area contributed by atoms with Crippen molar-refractivity contribution in [2.45, 2.75) is 25.4 Å². The SMILES string of the molecule is C[C@]1(CO)C=CCCCO1. The fourth-order valence-corrected chi connectivity index (χ4v) is 0.986. The second-order valence-corrected chi connectivity index (χ2v) is 2.86. The van der Waals surface area contributed by atoms with E-state index in [1.807, 2.05) is 13.0 Å². The zero-order valence-electron chi connectivity index (χ0n) is 6.34. The molecule has 2 nitrogen and oxygen atoms in total. The molecule has 0 amide bonds. The van der Waals surface area contributed by atoms with Crippen LogP contribution in [0.4, 0.5) is 0 Å². The first-order valence-electron chi connectivity index (χ1n) is 3.69. The van der Waals surface area contributed by atoms with Crippen LogP contribution in [0.2, 0.25) is 0 Å². The Hall–Kier alpha value is -0.340. The molecule has 1 atom stereocenters. The molecule has 1 rings (SSSR count). The van der Waals surface area contributed by atoms with Gasteiger partial charge in [-0.2, -0.15) is 0 Å². The van der Waals surface area contributed by atoms with Gasteiger partial charge in [-0.05, 0) is 19.8 Å². The minimum atomic E-state index is -0.420. The fraction of sp³-hybridized carbons (Fsp3) is 0.750. The summed E-state index contributed by atoms with van der Waals surface area (Å²) in [7, 11) is 0. The maximum atomic E-state index is 8.90. The van der Waals surface area contributed by atoms with Gasteiger partial charge in [0.2, 0.25) is 0 Å². The van der Waals surface area contributed by atoms with Gasteiger partial charge in [0.15, 0.2) is 0 Å². The predicted molar refractivity (Wildman–Crippen MR) is 39.8 cm³/mol. The summed E-state index contributed by atoms with van der Waals surface area (Å²) >= 11 is 0. The molecule has 0 unspecified atom stereocenters. The minimum Gasteiger partial charge on any atom is -0.393 e. The maximum Gasteiger partial charge on any atom is 0.106 e. The molecule has 0 saturated carbocycles. The van der Waals surface area contributed by atoms with E-state index < -0.39 is 5.60 Å². The van der Waals surface area contributed by atoms with Crippen LogP contribution in [0.5, 0.6) is 0 Å². The van der Waals surface area contributed by atoms with Gasteiger partial charge in [0, 0.05) is 6.61 Å². The monoisotopic (exact) mass is 142 g/mol. The predicted octanol–water partition coefficient (Wildman–Crippen LogP) is 1.10. The van der Waals surface area contributed by atoms with Gasteiger partial charge in [-0.1, -0.05) is 12.2 Å². The summed E-state index contributed by atoms with van der Waals surface area (Å²) in [5, 5.41) is 8.90. The molecule has 0 fully saturated rings. The number of hydrogen-bond acceptors (Lipinski definition) is 2. The van der Waals surface area contributed by atoms with Gasteiger partial charge in [0.1, 0.15) is 5.60 Å². The van der Waals surface area contributed by atoms with Gasteiger partial charge in [0.05, 0.1) is 6.61 Å². The Kier molecular flexibility index (Phi) is 2.46. The fourth-order valence-electron chi connectivity index (χ4n) is 0.986. The molecule has 2 heteroatoms. The average Bonchev–Trinajstić information content (AvgIpc) is 2.15. The molecule has 1 heterocycles. The maximum absolute atomic E-state index is 8.90. The van der Waals surface area contributed by atoms with E-state index in [1.165, 1.54) is 0 Å². The molecule has 0 aromatic rings. The topological polar surface area (TPSA) is 29.5 Å². The molecule has 0 bridgehead atoms. The third-order valence-electron chi connectivity index (χ3n) is 1.73. The Morgan fingerprint density at radius 3 is 3.20 bits per heavy atom. The lowest BCUT2D eigenvalue weighted by atomic mass is 10.1. The summed E-state index contributed by atoms with van der Waals surface area (Å²) in [6.45, 7) is 2.72. The second-order valence-electron chi connectivity index (χ2n) is 2.86. The Morgan fingerprint density at radius 1 is 1.70 bits per heavy atom. The van der Waals surface area contributed by atoms with Crippen LogP contribution < -0.4 is 0 Å². The minimum absolute atomic E-state index is 0.0729. The molecule has 0 aromatic heterocycles. The smallest absolute Gasteiger partial charge is 0.106 e. The highest BCUT2D eigenvalue weighted by Crippen LogP contribution is 2.16. The van der Waals surface area contributed by atoms with E-state index in [4.69, 9.17) is 9.84 Å². The standard InChI is InChI=1S/C8H14O2/c1-8(7-9)5-3-2-4-6-10-8/h3,5,9H,2,4,6-7H2,1H3/t8-/m1/s1. The van der Waals surface area contributed by atoms with Crippen molar-refractivity contribution in [1.82, 2.24) is 0 Å². The van der Waals surface area contributed by atoms with Crippen LogP contribution in [-0.4, -0.2) is 23.9 Å². The molecular formula is C8H14O2. The lowest BCUT2D eigenvalue weighted by Gasteiger charge is -2.22. The Balaban J connectivity index is 2.55. The number of aliphatic hydroxyl groups is 1. The van der Waals surface area contributed by atoms with Gasteiger partial charge < -0.3 is 9.84 Å². The van der Waals surface area contributed by atoms with Crippen molar-refractivity contribution in [2.24, 2.45) is 0 Å². The first-order chi connectivity index (χ1) is 4.77. The van der Waals surface area contributed by atoms with Crippen molar-refractivity contribution in [2.75, 3.05) is 13.2 Å². The molecule has 1 N–H and O–H groups in total. The Morgan fingerprint density at radius 2 is 2.50 bits per heavy atom. The quantitative estimate of drug-likeness (QED) is 0.555. The molecule has 58 valence electrons. The summed E-state index contributed by atoms with van der Waals surface area (Å²) in [6, 6.07) is 0. The van der Waals surface area contributed by atoms with Crippen LogP contribution >= 0.6 is 0 Å². The van der Waals surface area contributed by atoms with E-state index in [-0.39, 0.29) is 6.61 Å². The van der Waals surface area contributed by atoms with Crippen molar-refractivity contribution in [3.05, 3.63) is 12.2 Å². The van der Waals surface area contributed by atoms with Crippen molar-refractivity contribution >= 4 is 0 Å². The largest absolute Gasteiger partial charge is 0.393 e. The molecule has 0 aromatic carbocycles. The van der Waals surface area contributed by atoms with Crippen LogP contribution in [0.25, 0.3) is 0 Å². The number of aliphatic hydroxyl groups excluding tert-OH is 1. The lowest BCUT2D eigenvalue weighted by molar-refractivity contribution is -0.0297. The van der Waals surface area contributed by atoms with E-state index in [0.29, 0.717) is 0 Å². The van der Waals surface area contributed by atoms with E-state index in [9.17, 15) is 0 Å². The van der Waals surface area contributed by atoms with Crippen LogP contribution in [0.1, 0.15) is 19.8 Å². The van der Waals surface area contributed by atoms with Crippen LogP contribution in [0, 0.1) is 0 Å². The third-order valence-corrected chi connectivity index (χ3v) is 1.73. The van der Waals surface area contributed by atoms with Gasteiger partial charge in [0.25, 0.3) is 0 Å². The summed E-state index contributed by atoms with van der Waals surface area (Å²) in [4.78, 5) is 0. The number of allylic oxidation sites excluding steroid dienone is 1. The molecule has 0 radical (unpaired) electrons. The molecule has 0 saturated heterocycles. The zero-order valence-corrected chi connectivity index (χ0v) is 6.34. The first kappa shape index (κ1) is 7.76. The number of ether oxygens (including phenoxy) is 1. The van der Waals surface area contributed by atoms with E-state index in [0.717, 1.165) is 19.4 Å². The van der Waals surface area contributed by atoms with Gasteiger partial charge in [-0.3, -0.25) is 0 Å². The summed E-state index contributed by atoms with van der Waals surface area (Å²) in [5.74, 6) is 0. The van der Waals surface area contributed by atoms with Gasteiger partial charge >= 0.3 is 0 Å². The molecule has 1 aliphatic heterocycles. The van der Waals surface area contributed by atoms with Crippen molar-refractivity contribution in [3.63, 3.8) is 0 Å². The van der Waals surface area contributed by atoms with Crippen molar-refractivity contribution in [3.8, 4) is 0 Å². The average molecular weight is 142 g/mol. The highest BCUT2D eigenvalue weighted by atomic mass is 16.5. The van der Waals surface area contributed by atoms with E-state index >= 15 is 0 Å². The zero-order chi connectivity index (χ0) is 7.45. The second kappa shape index (κ2) is 3.17. The first-order valence-corrected chi connectivity index (χ1v) is 3.69. The lowest BCUT2D eigenvalue weighted by Crippen LogP contribution is -2.30. The summed E-state index contributed by atoms with van der Waals surface area (Å²) < 4.78 is 5.40. The third kappa shape index (κ3) is 1.82. The van der Waals surface area contributed by atoms with E-state index in [2.05, 4.69) is 6.08 Å². The Labute approximate surface area is 61.5 Å². The van der Waals surface area contributed by atoms with Crippen molar-refractivity contribution in [1.29, 1.82) is 0 Å². The summed E-state index contributed by atoms with van der Waals surface area (Å²) in [6.07, 6.45) is 6.14. The molecule has 1 aliphatic rings. The Bertz CT molecular complexity index is 131. The molecule has 0 aliphatic carbocycles. The highest BCUT2D eigenvalue weighted by Gasteiger charge is 2.20. The van der Waals surface area contributed by atoms with Crippen LogP contribution in [-0.2, 0) is 4.74 Å². The summed E-state index contributed by atoms with van der Waals surface area (Å²) in [5.41, 5.74) is -0.420. The van der Waals surface area contributed by atoms with Gasteiger partial charge in [-0.25, -0.2) is 0 Å². The highest BCUT2D eigenvalue weighted by molar-refractivity contribution is 5.00. The molecule has 0 spiro atoms. The molecular weight excluding hydrogens is 128 g/mol. The van der Waals surface area contributed by atoms with E-state index in [1.54, 1.807) is 0 Å². The van der Waals surface area contributed by atoms with Gasteiger partial charge in [-0.15, -0.1) is 0 Å². The van der Waals surface area contributed by atoms with Crippen LogP contribution in [0.3, 0.4) is 0 Å². The van der Waals surface area contributed by atoms with Crippen LogP contribution in [0.15, 0.2) is 12.2 Å². The van der Waals surface area contributed by atoms with Crippen molar-refractivity contribution < 1.29 is 9.84 Å².